The number of rotatable bonds is 6. The highest BCUT2D eigenvalue weighted by Crippen LogP contribution is 2.27. The summed E-state index contributed by atoms with van der Waals surface area (Å²) in [6.45, 7) is 4.98. The van der Waals surface area contributed by atoms with Gasteiger partial charge in [0.2, 0.25) is 0 Å². The Balaban J connectivity index is 2.11. The van der Waals surface area contributed by atoms with E-state index in [9.17, 15) is 4.79 Å². The van der Waals surface area contributed by atoms with Crippen molar-refractivity contribution in [3.63, 3.8) is 0 Å². The Morgan fingerprint density at radius 3 is 2.48 bits per heavy atom. The van der Waals surface area contributed by atoms with E-state index in [4.69, 9.17) is 0 Å². The Bertz CT molecular complexity index is 617. The van der Waals surface area contributed by atoms with Crippen molar-refractivity contribution in [3.05, 3.63) is 36.2 Å². The molecule has 0 saturated carbocycles. The third-order valence-corrected chi connectivity index (χ3v) is 5.33. The predicted molar refractivity (Wildman–Crippen MR) is 88.7 cm³/mol. The van der Waals surface area contributed by atoms with Crippen molar-refractivity contribution in [3.8, 4) is 0 Å². The molecule has 4 nitrogen and oxygen atoms in total. The Labute approximate surface area is 133 Å². The molecular formula is C16H20BrN3O. The van der Waals surface area contributed by atoms with Crippen LogP contribution in [-0.2, 0) is 0 Å². The Morgan fingerprint density at radius 2 is 1.86 bits per heavy atom. The molecule has 1 N–H and O–H groups in total. The summed E-state index contributed by atoms with van der Waals surface area (Å²) >= 11 is 3.56. The highest BCUT2D eigenvalue weighted by molar-refractivity contribution is 9.09. The summed E-state index contributed by atoms with van der Waals surface area (Å²) in [5.74, 6) is -0.0604. The van der Waals surface area contributed by atoms with Gasteiger partial charge in [0.1, 0.15) is 0 Å². The Kier molecular flexibility index (Phi) is 5.28. The summed E-state index contributed by atoms with van der Waals surface area (Å²) in [5.41, 5.74) is 2.28. The molecule has 0 fully saturated rings. The molecule has 112 valence electrons. The van der Waals surface area contributed by atoms with E-state index in [1.54, 1.807) is 24.5 Å². The van der Waals surface area contributed by atoms with E-state index in [1.165, 1.54) is 0 Å². The molecule has 1 amide bonds. The van der Waals surface area contributed by atoms with Gasteiger partial charge in [-0.1, -0.05) is 29.8 Å². The molecule has 0 aliphatic heterocycles. The lowest BCUT2D eigenvalue weighted by Crippen LogP contribution is -2.38. The number of aromatic nitrogens is 2. The number of nitrogens with one attached hydrogen (secondary N) is 1. The van der Waals surface area contributed by atoms with E-state index < -0.39 is 0 Å². The molecule has 0 atom stereocenters. The number of hydrogen-bond acceptors (Lipinski definition) is 3. The van der Waals surface area contributed by atoms with Crippen LogP contribution in [0.15, 0.2) is 30.6 Å². The summed E-state index contributed by atoms with van der Waals surface area (Å²) in [4.78, 5) is 20.7. The molecule has 0 saturated heterocycles. The summed E-state index contributed by atoms with van der Waals surface area (Å²) in [6.07, 6.45) is 5.33. The molecule has 1 aromatic carbocycles. The fourth-order valence-corrected chi connectivity index (χ4v) is 3.20. The maximum Gasteiger partial charge on any atom is 0.251 e. The minimum Gasteiger partial charge on any atom is -0.351 e. The van der Waals surface area contributed by atoms with E-state index in [0.29, 0.717) is 12.1 Å². The fraction of sp³-hybridized carbons (Fsp3) is 0.438. The van der Waals surface area contributed by atoms with E-state index in [-0.39, 0.29) is 11.3 Å². The number of nitrogens with zero attached hydrogens (tertiary/aromatic N) is 2. The molecule has 21 heavy (non-hydrogen) atoms. The number of alkyl halides is 1. The molecule has 0 bridgehead atoms. The molecular weight excluding hydrogens is 330 g/mol. The van der Waals surface area contributed by atoms with Crippen LogP contribution in [0.5, 0.6) is 0 Å². The molecule has 0 spiro atoms. The van der Waals surface area contributed by atoms with E-state index >= 15 is 0 Å². The first-order valence-electron chi connectivity index (χ1n) is 7.19. The zero-order valence-corrected chi connectivity index (χ0v) is 14.0. The normalized spacial score (nSPS) is 11.6. The molecule has 5 heteroatoms. The van der Waals surface area contributed by atoms with Crippen molar-refractivity contribution in [2.45, 2.75) is 26.7 Å². The monoisotopic (exact) mass is 349 g/mol. The first-order chi connectivity index (χ1) is 10.1. The third-order valence-electron chi connectivity index (χ3n) is 4.14. The van der Waals surface area contributed by atoms with Gasteiger partial charge in [-0.2, -0.15) is 0 Å². The average molecular weight is 350 g/mol. The minimum atomic E-state index is -0.0604. The maximum absolute atomic E-state index is 12.3. The zero-order chi connectivity index (χ0) is 15.3. The largest absolute Gasteiger partial charge is 0.351 e. The van der Waals surface area contributed by atoms with Crippen LogP contribution >= 0.6 is 15.9 Å². The molecule has 1 aromatic heterocycles. The van der Waals surface area contributed by atoms with Crippen molar-refractivity contribution in [1.82, 2.24) is 15.3 Å². The molecule has 0 unspecified atom stereocenters. The van der Waals surface area contributed by atoms with Crippen molar-refractivity contribution in [2.75, 3.05) is 11.9 Å². The van der Waals surface area contributed by atoms with Gasteiger partial charge in [-0.25, -0.2) is 0 Å². The van der Waals surface area contributed by atoms with Crippen molar-refractivity contribution < 1.29 is 4.79 Å². The topological polar surface area (TPSA) is 54.9 Å². The summed E-state index contributed by atoms with van der Waals surface area (Å²) in [7, 11) is 0. The highest BCUT2D eigenvalue weighted by Gasteiger charge is 2.25. The lowest BCUT2D eigenvalue weighted by Gasteiger charge is -2.29. The summed E-state index contributed by atoms with van der Waals surface area (Å²) in [6, 6.07) is 5.40. The molecule has 1 heterocycles. The molecule has 0 aliphatic rings. The maximum atomic E-state index is 12.3. The van der Waals surface area contributed by atoms with Crippen LogP contribution in [0.1, 0.15) is 37.0 Å². The van der Waals surface area contributed by atoms with Gasteiger partial charge in [-0.15, -0.1) is 0 Å². The second kappa shape index (κ2) is 6.98. The van der Waals surface area contributed by atoms with Crippen LogP contribution in [0.25, 0.3) is 11.0 Å². The fourth-order valence-electron chi connectivity index (χ4n) is 2.21. The second-order valence-corrected chi connectivity index (χ2v) is 5.84. The zero-order valence-electron chi connectivity index (χ0n) is 12.4. The minimum absolute atomic E-state index is 0.0604. The van der Waals surface area contributed by atoms with Gasteiger partial charge in [-0.05, 0) is 36.5 Å². The van der Waals surface area contributed by atoms with Crippen LogP contribution < -0.4 is 5.32 Å². The van der Waals surface area contributed by atoms with Crippen molar-refractivity contribution in [2.24, 2.45) is 5.41 Å². The number of carbonyl (C=O) groups is 1. The number of halogens is 1. The average Bonchev–Trinajstić information content (AvgIpc) is 2.56. The van der Waals surface area contributed by atoms with Crippen LogP contribution in [-0.4, -0.2) is 27.7 Å². The number of carbonyl (C=O) groups excluding carboxylic acids is 1. The number of benzene rings is 1. The van der Waals surface area contributed by atoms with Crippen molar-refractivity contribution >= 4 is 32.9 Å². The first kappa shape index (κ1) is 15.9. The predicted octanol–water partition coefficient (Wildman–Crippen LogP) is 3.56. The number of fused-ring (bicyclic) bond motifs is 1. The highest BCUT2D eigenvalue weighted by atomic mass is 79.9. The van der Waals surface area contributed by atoms with Gasteiger partial charge in [0.15, 0.2) is 0 Å². The van der Waals surface area contributed by atoms with Crippen LogP contribution in [0.2, 0.25) is 0 Å². The summed E-state index contributed by atoms with van der Waals surface area (Å²) in [5, 5.41) is 3.93. The quantitative estimate of drug-likeness (QED) is 0.811. The van der Waals surface area contributed by atoms with Crippen LogP contribution in [0.3, 0.4) is 0 Å². The molecule has 0 aliphatic carbocycles. The second-order valence-electron chi connectivity index (χ2n) is 5.28. The van der Waals surface area contributed by atoms with Gasteiger partial charge >= 0.3 is 0 Å². The Morgan fingerprint density at radius 1 is 1.19 bits per heavy atom. The standard InChI is InChI=1S/C16H20BrN3O/c1-3-16(4-2,10-17)11-20-15(21)12-5-6-13-14(9-12)19-8-7-18-13/h5-9H,3-4,10-11H2,1-2H3,(H,20,21). The lowest BCUT2D eigenvalue weighted by atomic mass is 9.84. The SMILES string of the molecule is CCC(CC)(CBr)CNC(=O)c1ccc2nccnc2c1. The van der Waals surface area contributed by atoms with Gasteiger partial charge in [0.05, 0.1) is 11.0 Å². The van der Waals surface area contributed by atoms with Gasteiger partial charge in [0.25, 0.3) is 5.91 Å². The van der Waals surface area contributed by atoms with Crippen LogP contribution in [0.4, 0.5) is 0 Å². The third kappa shape index (κ3) is 3.59. The Hall–Kier alpha value is -1.49. The van der Waals surface area contributed by atoms with E-state index in [1.807, 2.05) is 6.07 Å². The van der Waals surface area contributed by atoms with Gasteiger partial charge in [-0.3, -0.25) is 14.8 Å². The number of hydrogen-bond donors (Lipinski definition) is 1. The van der Waals surface area contributed by atoms with E-state index in [0.717, 1.165) is 29.2 Å². The number of amides is 1. The summed E-state index contributed by atoms with van der Waals surface area (Å²) < 4.78 is 0. The van der Waals surface area contributed by atoms with Gasteiger partial charge in [0, 0.05) is 29.8 Å². The molecule has 0 radical (unpaired) electrons. The van der Waals surface area contributed by atoms with Gasteiger partial charge < -0.3 is 5.32 Å². The van der Waals surface area contributed by atoms with Crippen LogP contribution in [0, 0.1) is 5.41 Å². The van der Waals surface area contributed by atoms with Crippen molar-refractivity contribution in [1.29, 1.82) is 0 Å². The molecule has 2 rings (SSSR count). The first-order valence-corrected chi connectivity index (χ1v) is 8.31. The molecule has 2 aromatic rings. The lowest BCUT2D eigenvalue weighted by molar-refractivity contribution is 0.0932. The smallest absolute Gasteiger partial charge is 0.251 e. The van der Waals surface area contributed by atoms with E-state index in [2.05, 4.69) is 45.1 Å².